The summed E-state index contributed by atoms with van der Waals surface area (Å²) in [6.45, 7) is 1.22. The molecule has 1 aliphatic rings. The number of aromatic nitrogens is 4. The minimum absolute atomic E-state index is 0.0110. The maximum absolute atomic E-state index is 12.0. The van der Waals surface area contributed by atoms with Crippen molar-refractivity contribution in [1.29, 1.82) is 0 Å². The number of aliphatic hydroxyl groups is 2. The normalized spacial score (nSPS) is 27.0. The Balaban J connectivity index is 1.89. The van der Waals surface area contributed by atoms with Gasteiger partial charge >= 0.3 is 7.60 Å². The number of rotatable bonds is 6. The Kier molecular flexibility index (Phi) is 4.69. The number of fused-ring (bicyclic) bond motifs is 1. The van der Waals surface area contributed by atoms with Gasteiger partial charge in [-0.15, -0.1) is 0 Å². The first kappa shape index (κ1) is 18.0. The molecule has 1 aliphatic carbocycles. The summed E-state index contributed by atoms with van der Waals surface area (Å²) in [5, 5.41) is 19.9. The van der Waals surface area contributed by atoms with Gasteiger partial charge in [0.15, 0.2) is 17.0 Å². The molecule has 1 saturated carbocycles. The minimum Gasteiger partial charge on any atom is -0.396 e. The fourth-order valence-corrected chi connectivity index (χ4v) is 4.68. The van der Waals surface area contributed by atoms with E-state index < -0.39 is 30.8 Å². The van der Waals surface area contributed by atoms with Crippen molar-refractivity contribution in [1.82, 2.24) is 19.5 Å². The first-order valence-corrected chi connectivity index (χ1v) is 9.43. The molecule has 0 aliphatic heterocycles. The van der Waals surface area contributed by atoms with E-state index >= 15 is 0 Å². The molecule has 2 unspecified atom stereocenters. The number of imidazole rings is 1. The molecule has 25 heavy (non-hydrogen) atoms. The number of H-pyrrole nitrogens is 1. The number of nitrogen functional groups attached to an aromatic ring is 1. The number of nitrogens with two attached hydrogens (primary N) is 1. The fourth-order valence-electron chi connectivity index (χ4n) is 3.33. The summed E-state index contributed by atoms with van der Waals surface area (Å²) in [5.41, 5.74) is 5.45. The van der Waals surface area contributed by atoms with Gasteiger partial charge in [0.1, 0.15) is 0 Å². The lowest BCUT2D eigenvalue weighted by Crippen LogP contribution is -2.46. The van der Waals surface area contributed by atoms with Crippen LogP contribution in [0.5, 0.6) is 0 Å². The van der Waals surface area contributed by atoms with Crippen LogP contribution in [0.1, 0.15) is 19.4 Å². The number of hydrogen-bond donors (Lipinski definition) is 5. The molecule has 0 radical (unpaired) electrons. The highest BCUT2D eigenvalue weighted by Gasteiger charge is 2.51. The highest BCUT2D eigenvalue weighted by molar-refractivity contribution is 7.53. The molecule has 138 valence electrons. The molecule has 11 nitrogen and oxygen atoms in total. The van der Waals surface area contributed by atoms with E-state index in [0.717, 1.165) is 0 Å². The average Bonchev–Trinajstić information content (AvgIpc) is 2.90. The molecule has 0 spiro atoms. The van der Waals surface area contributed by atoms with Crippen molar-refractivity contribution in [2.75, 3.05) is 18.9 Å². The molecule has 2 aromatic rings. The summed E-state index contributed by atoms with van der Waals surface area (Å²) in [5.74, 6) is -2.81. The molecule has 3 rings (SSSR count). The Hall–Kier alpha value is -1.78. The van der Waals surface area contributed by atoms with E-state index in [2.05, 4.69) is 15.0 Å². The third-order valence-corrected chi connectivity index (χ3v) is 6.29. The number of aliphatic hydroxyl groups excluding tert-OH is 2. The SMILES string of the molecule is CCOP(=O)(O)C(O)[C@H]1C[C@@H](n2cnc3c(=O)[nH]c(N)nc32)[C@H]1CO. The van der Waals surface area contributed by atoms with Gasteiger partial charge < -0.3 is 29.9 Å². The largest absolute Gasteiger partial charge is 0.396 e. The number of anilines is 1. The molecule has 6 N–H and O–H groups in total. The van der Waals surface area contributed by atoms with Gasteiger partial charge in [-0.05, 0) is 13.3 Å². The van der Waals surface area contributed by atoms with E-state index in [4.69, 9.17) is 10.3 Å². The van der Waals surface area contributed by atoms with Crippen molar-refractivity contribution in [3.8, 4) is 0 Å². The zero-order valence-electron chi connectivity index (χ0n) is 13.4. The maximum Gasteiger partial charge on any atom is 0.356 e. The molecule has 2 aromatic heterocycles. The topological polar surface area (TPSA) is 177 Å². The Morgan fingerprint density at radius 1 is 1.60 bits per heavy atom. The van der Waals surface area contributed by atoms with Crippen LogP contribution in [-0.4, -0.2) is 53.7 Å². The van der Waals surface area contributed by atoms with Gasteiger partial charge in [-0.1, -0.05) is 0 Å². The van der Waals surface area contributed by atoms with Gasteiger partial charge in [0.05, 0.1) is 12.9 Å². The molecule has 5 atom stereocenters. The van der Waals surface area contributed by atoms with Crippen molar-refractivity contribution in [3.63, 3.8) is 0 Å². The first-order chi connectivity index (χ1) is 11.8. The van der Waals surface area contributed by atoms with Gasteiger partial charge in [-0.2, -0.15) is 4.98 Å². The first-order valence-electron chi connectivity index (χ1n) is 7.78. The van der Waals surface area contributed by atoms with Gasteiger partial charge in [-0.3, -0.25) is 14.3 Å². The fraction of sp³-hybridized carbons (Fsp3) is 0.615. The van der Waals surface area contributed by atoms with Gasteiger partial charge in [0, 0.05) is 24.5 Å². The van der Waals surface area contributed by atoms with Crippen LogP contribution in [0.4, 0.5) is 5.95 Å². The van der Waals surface area contributed by atoms with Crippen LogP contribution in [0.3, 0.4) is 0 Å². The van der Waals surface area contributed by atoms with Gasteiger partial charge in [0.25, 0.3) is 5.56 Å². The van der Waals surface area contributed by atoms with Gasteiger partial charge in [-0.25, -0.2) is 4.98 Å². The standard InChI is InChI=1S/C13H20N5O6P/c1-2-24-25(22,23)12(21)6-3-8(7(6)4-19)18-5-15-9-10(18)16-13(14)17-11(9)20/h5-8,12,19,21H,2-4H2,1H3,(H,22,23)(H3,14,16,17,20)/t6-,7-,8+,12?/m0/s1. The Morgan fingerprint density at radius 2 is 2.32 bits per heavy atom. The van der Waals surface area contributed by atoms with E-state index in [1.165, 1.54) is 6.33 Å². The number of aromatic amines is 1. The van der Waals surface area contributed by atoms with Crippen LogP contribution in [0, 0.1) is 11.8 Å². The predicted molar refractivity (Wildman–Crippen MR) is 87.7 cm³/mol. The lowest BCUT2D eigenvalue weighted by molar-refractivity contribution is -0.0305. The summed E-state index contributed by atoms with van der Waals surface area (Å²) < 4.78 is 18.4. The summed E-state index contributed by atoms with van der Waals surface area (Å²) in [6, 6.07) is -0.343. The average molecular weight is 373 g/mol. The highest BCUT2D eigenvalue weighted by Crippen LogP contribution is 2.57. The summed E-state index contributed by atoms with van der Waals surface area (Å²) in [6.07, 6.45) is 1.70. The van der Waals surface area contributed by atoms with E-state index in [1.54, 1.807) is 11.5 Å². The number of hydrogen-bond acceptors (Lipinski definition) is 8. The second kappa shape index (κ2) is 6.50. The van der Waals surface area contributed by atoms with Crippen molar-refractivity contribution >= 4 is 24.7 Å². The minimum atomic E-state index is -4.19. The lowest BCUT2D eigenvalue weighted by Gasteiger charge is -2.46. The van der Waals surface area contributed by atoms with Gasteiger partial charge in [0.2, 0.25) is 5.95 Å². The second-order valence-corrected chi connectivity index (χ2v) is 7.90. The summed E-state index contributed by atoms with van der Waals surface area (Å²) in [7, 11) is -4.19. The molecule has 0 saturated heterocycles. The van der Waals surface area contributed by atoms with E-state index in [0.29, 0.717) is 6.42 Å². The molecule has 0 aromatic carbocycles. The van der Waals surface area contributed by atoms with Crippen molar-refractivity contribution in [2.45, 2.75) is 25.2 Å². The predicted octanol–water partition coefficient (Wildman–Crippen LogP) is -0.588. The molecular formula is C13H20N5O6P. The summed E-state index contributed by atoms with van der Waals surface area (Å²) in [4.78, 5) is 32.1. The maximum atomic E-state index is 12.0. The van der Waals surface area contributed by atoms with Crippen molar-refractivity contribution in [2.24, 2.45) is 11.8 Å². The zero-order chi connectivity index (χ0) is 18.4. The van der Waals surface area contributed by atoms with Crippen LogP contribution in [0.25, 0.3) is 11.2 Å². The Labute approximate surface area is 142 Å². The highest BCUT2D eigenvalue weighted by atomic mass is 31.2. The Morgan fingerprint density at radius 3 is 2.96 bits per heavy atom. The van der Waals surface area contributed by atoms with Crippen LogP contribution >= 0.6 is 7.60 Å². The van der Waals surface area contributed by atoms with Crippen molar-refractivity contribution < 1.29 is 24.2 Å². The molecule has 1 fully saturated rings. The zero-order valence-corrected chi connectivity index (χ0v) is 14.3. The molecular weight excluding hydrogens is 353 g/mol. The van der Waals surface area contributed by atoms with Crippen molar-refractivity contribution in [3.05, 3.63) is 16.7 Å². The van der Waals surface area contributed by atoms with Crippen LogP contribution < -0.4 is 11.3 Å². The monoisotopic (exact) mass is 373 g/mol. The van der Waals surface area contributed by atoms with E-state index in [1.807, 2.05) is 0 Å². The third kappa shape index (κ3) is 2.98. The molecule has 2 heterocycles. The molecule has 12 heteroatoms. The smallest absolute Gasteiger partial charge is 0.356 e. The number of nitrogens with one attached hydrogen (secondary N) is 1. The molecule has 0 amide bonds. The third-order valence-electron chi connectivity index (χ3n) is 4.61. The quantitative estimate of drug-likeness (QED) is 0.414. The summed E-state index contributed by atoms with van der Waals surface area (Å²) >= 11 is 0. The second-order valence-electron chi connectivity index (χ2n) is 5.98. The van der Waals surface area contributed by atoms with Crippen LogP contribution in [0.2, 0.25) is 0 Å². The lowest BCUT2D eigenvalue weighted by atomic mass is 9.69. The molecule has 0 bridgehead atoms. The van der Waals surface area contributed by atoms with Crippen LogP contribution in [-0.2, 0) is 9.09 Å². The Bertz CT molecular complexity index is 881. The van der Waals surface area contributed by atoms with E-state index in [-0.39, 0.29) is 36.4 Å². The number of nitrogens with zero attached hydrogens (tertiary/aromatic N) is 3. The van der Waals surface area contributed by atoms with Crippen LogP contribution in [0.15, 0.2) is 11.1 Å². The van der Waals surface area contributed by atoms with E-state index in [9.17, 15) is 24.5 Å².